The van der Waals surface area contributed by atoms with Gasteiger partial charge in [0.2, 0.25) is 0 Å². The van der Waals surface area contributed by atoms with Crippen LogP contribution in [0.15, 0.2) is 22.7 Å². The molecule has 1 saturated carbocycles. The van der Waals surface area contributed by atoms with Gasteiger partial charge in [0.15, 0.2) is 0 Å². The van der Waals surface area contributed by atoms with E-state index in [1.165, 1.54) is 6.07 Å². The van der Waals surface area contributed by atoms with E-state index in [2.05, 4.69) is 15.9 Å². The van der Waals surface area contributed by atoms with Gasteiger partial charge in [0.1, 0.15) is 5.82 Å². The summed E-state index contributed by atoms with van der Waals surface area (Å²) in [5.74, 6) is 0.0594. The van der Waals surface area contributed by atoms with Gasteiger partial charge in [-0.15, -0.1) is 0 Å². The summed E-state index contributed by atoms with van der Waals surface area (Å²) in [5, 5.41) is 9.66. The Bertz CT molecular complexity index is 353. The van der Waals surface area contributed by atoms with Gasteiger partial charge in [0.05, 0.1) is 6.10 Å². The zero-order valence-electron chi connectivity index (χ0n) is 8.42. The largest absolute Gasteiger partial charge is 0.393 e. The van der Waals surface area contributed by atoms with E-state index in [-0.39, 0.29) is 17.8 Å². The third kappa shape index (κ3) is 2.58. The van der Waals surface area contributed by atoms with E-state index in [9.17, 15) is 9.50 Å². The van der Waals surface area contributed by atoms with Crippen LogP contribution in [0.5, 0.6) is 0 Å². The van der Waals surface area contributed by atoms with Gasteiger partial charge < -0.3 is 5.11 Å². The van der Waals surface area contributed by atoms with Crippen molar-refractivity contribution >= 4 is 15.9 Å². The Morgan fingerprint density at radius 2 is 2.20 bits per heavy atom. The molecule has 1 aromatic carbocycles. The SMILES string of the molecule is OC1CCCC1Cc1ccc(Br)cc1F. The van der Waals surface area contributed by atoms with Gasteiger partial charge in [-0.05, 0) is 42.9 Å². The van der Waals surface area contributed by atoms with Crippen LogP contribution in [0.1, 0.15) is 24.8 Å². The second-order valence-corrected chi connectivity index (χ2v) is 5.11. The molecule has 1 aliphatic rings. The van der Waals surface area contributed by atoms with Crippen LogP contribution in [0.4, 0.5) is 4.39 Å². The molecule has 2 rings (SSSR count). The molecule has 0 aliphatic heterocycles. The quantitative estimate of drug-likeness (QED) is 0.876. The van der Waals surface area contributed by atoms with Crippen LogP contribution < -0.4 is 0 Å². The minimum atomic E-state index is -0.243. The average molecular weight is 273 g/mol. The number of halogens is 2. The molecule has 0 aromatic heterocycles. The average Bonchev–Trinajstić information content (AvgIpc) is 2.57. The van der Waals surface area contributed by atoms with Crippen LogP contribution in [0.2, 0.25) is 0 Å². The second kappa shape index (κ2) is 4.62. The smallest absolute Gasteiger partial charge is 0.127 e. The highest BCUT2D eigenvalue weighted by atomic mass is 79.9. The van der Waals surface area contributed by atoms with E-state index in [1.54, 1.807) is 6.07 Å². The maximum absolute atomic E-state index is 13.5. The predicted octanol–water partition coefficient (Wildman–Crippen LogP) is 3.29. The lowest BCUT2D eigenvalue weighted by molar-refractivity contribution is 0.132. The van der Waals surface area contributed by atoms with E-state index < -0.39 is 0 Å². The fraction of sp³-hybridized carbons (Fsp3) is 0.500. The molecule has 1 aromatic rings. The number of benzene rings is 1. The highest BCUT2D eigenvalue weighted by Crippen LogP contribution is 2.29. The Balaban J connectivity index is 2.10. The molecule has 15 heavy (non-hydrogen) atoms. The van der Waals surface area contributed by atoms with E-state index in [0.29, 0.717) is 12.0 Å². The summed E-state index contributed by atoms with van der Waals surface area (Å²) in [6, 6.07) is 5.13. The Kier molecular flexibility index (Phi) is 3.42. The van der Waals surface area contributed by atoms with Crippen molar-refractivity contribution in [3.8, 4) is 0 Å². The molecule has 1 aliphatic carbocycles. The first-order valence-corrected chi connectivity index (χ1v) is 6.08. The highest BCUT2D eigenvalue weighted by molar-refractivity contribution is 9.10. The van der Waals surface area contributed by atoms with Crippen LogP contribution in [0.3, 0.4) is 0 Å². The molecule has 2 atom stereocenters. The summed E-state index contributed by atoms with van der Waals surface area (Å²) in [6.07, 6.45) is 3.34. The van der Waals surface area contributed by atoms with Crippen LogP contribution in [-0.4, -0.2) is 11.2 Å². The molecule has 0 heterocycles. The van der Waals surface area contributed by atoms with Gasteiger partial charge in [0, 0.05) is 4.47 Å². The third-order valence-corrected chi connectivity index (χ3v) is 3.61. The molecule has 3 heteroatoms. The molecule has 0 saturated heterocycles. The summed E-state index contributed by atoms with van der Waals surface area (Å²) >= 11 is 3.23. The standard InChI is InChI=1S/C12H14BrFO/c13-10-5-4-8(11(14)7-10)6-9-2-1-3-12(9)15/h4-5,7,9,12,15H,1-3,6H2. The minimum Gasteiger partial charge on any atom is -0.393 e. The lowest BCUT2D eigenvalue weighted by Gasteiger charge is -2.14. The number of hydrogen-bond donors (Lipinski definition) is 1. The van der Waals surface area contributed by atoms with Crippen molar-refractivity contribution in [2.75, 3.05) is 0 Å². The van der Waals surface area contributed by atoms with Crippen LogP contribution >= 0.6 is 15.9 Å². The zero-order chi connectivity index (χ0) is 10.8. The van der Waals surface area contributed by atoms with E-state index >= 15 is 0 Å². The highest BCUT2D eigenvalue weighted by Gasteiger charge is 2.25. The summed E-state index contributed by atoms with van der Waals surface area (Å²) in [7, 11) is 0. The summed E-state index contributed by atoms with van der Waals surface area (Å²) < 4.78 is 14.3. The number of aliphatic hydroxyl groups excluding tert-OH is 1. The Morgan fingerprint density at radius 3 is 2.80 bits per heavy atom. The van der Waals surface area contributed by atoms with Gasteiger partial charge >= 0.3 is 0 Å². The van der Waals surface area contributed by atoms with Gasteiger partial charge in [-0.2, -0.15) is 0 Å². The Morgan fingerprint density at radius 1 is 1.40 bits per heavy atom. The fourth-order valence-electron chi connectivity index (χ4n) is 2.23. The van der Waals surface area contributed by atoms with E-state index in [4.69, 9.17) is 0 Å². The monoisotopic (exact) mass is 272 g/mol. The number of rotatable bonds is 2. The molecule has 1 nitrogen and oxygen atoms in total. The first-order chi connectivity index (χ1) is 7.16. The summed E-state index contributed by atoms with van der Waals surface area (Å²) in [6.45, 7) is 0. The van der Waals surface area contributed by atoms with E-state index in [0.717, 1.165) is 23.7 Å². The van der Waals surface area contributed by atoms with Gasteiger partial charge in [-0.1, -0.05) is 28.4 Å². The van der Waals surface area contributed by atoms with Crippen molar-refractivity contribution in [1.29, 1.82) is 0 Å². The Labute approximate surface area is 97.4 Å². The van der Waals surface area contributed by atoms with Gasteiger partial charge in [-0.3, -0.25) is 0 Å². The molecular formula is C12H14BrFO. The molecule has 1 N–H and O–H groups in total. The minimum absolute atomic E-state index is 0.177. The topological polar surface area (TPSA) is 20.2 Å². The first-order valence-electron chi connectivity index (χ1n) is 5.29. The second-order valence-electron chi connectivity index (χ2n) is 4.20. The molecule has 2 unspecified atom stereocenters. The summed E-state index contributed by atoms with van der Waals surface area (Å²) in [5.41, 5.74) is 0.712. The number of hydrogen-bond acceptors (Lipinski definition) is 1. The van der Waals surface area contributed by atoms with Crippen LogP contribution in [-0.2, 0) is 6.42 Å². The van der Waals surface area contributed by atoms with Gasteiger partial charge in [-0.25, -0.2) is 4.39 Å². The van der Waals surface area contributed by atoms with E-state index in [1.807, 2.05) is 6.07 Å². The zero-order valence-corrected chi connectivity index (χ0v) is 10.0. The van der Waals surface area contributed by atoms with Crippen LogP contribution in [0.25, 0.3) is 0 Å². The molecular weight excluding hydrogens is 259 g/mol. The maximum Gasteiger partial charge on any atom is 0.127 e. The first kappa shape index (κ1) is 11.1. The molecule has 0 spiro atoms. The molecule has 0 amide bonds. The van der Waals surface area contributed by atoms with Gasteiger partial charge in [0.25, 0.3) is 0 Å². The van der Waals surface area contributed by atoms with Crippen molar-refractivity contribution in [2.45, 2.75) is 31.8 Å². The third-order valence-electron chi connectivity index (χ3n) is 3.12. The van der Waals surface area contributed by atoms with Crippen molar-refractivity contribution < 1.29 is 9.50 Å². The summed E-state index contributed by atoms with van der Waals surface area (Å²) in [4.78, 5) is 0. The molecule has 0 radical (unpaired) electrons. The van der Waals surface area contributed by atoms with Crippen LogP contribution in [0, 0.1) is 11.7 Å². The predicted molar refractivity (Wildman–Crippen MR) is 61.2 cm³/mol. The Hall–Kier alpha value is -0.410. The number of aliphatic hydroxyl groups is 1. The maximum atomic E-state index is 13.5. The van der Waals surface area contributed by atoms with Crippen molar-refractivity contribution in [3.63, 3.8) is 0 Å². The van der Waals surface area contributed by atoms with Crippen molar-refractivity contribution in [2.24, 2.45) is 5.92 Å². The molecule has 0 bridgehead atoms. The lowest BCUT2D eigenvalue weighted by atomic mass is 9.96. The normalized spacial score (nSPS) is 25.8. The van der Waals surface area contributed by atoms with Crippen molar-refractivity contribution in [1.82, 2.24) is 0 Å². The van der Waals surface area contributed by atoms with Crippen molar-refractivity contribution in [3.05, 3.63) is 34.1 Å². The lowest BCUT2D eigenvalue weighted by Crippen LogP contribution is -2.16. The fourth-order valence-corrected chi connectivity index (χ4v) is 2.56. The molecule has 82 valence electrons. The molecule has 1 fully saturated rings.